The van der Waals surface area contributed by atoms with Gasteiger partial charge in [-0.2, -0.15) is 0 Å². The number of anilines is 2. The highest BCUT2D eigenvalue weighted by molar-refractivity contribution is 5.93. The second-order valence-corrected chi connectivity index (χ2v) is 2.94. The lowest BCUT2D eigenvalue weighted by molar-refractivity contribution is -0.119. The Kier molecular flexibility index (Phi) is 6.29. The van der Waals surface area contributed by atoms with Gasteiger partial charge < -0.3 is 20.5 Å². The third-order valence-corrected chi connectivity index (χ3v) is 1.78. The van der Waals surface area contributed by atoms with E-state index in [4.69, 9.17) is 15.2 Å². The number of hydrogen-bond donors (Lipinski definition) is 2. The van der Waals surface area contributed by atoms with Gasteiger partial charge in [-0.15, -0.1) is 12.4 Å². The summed E-state index contributed by atoms with van der Waals surface area (Å²) in [6, 6.07) is 5.01. The zero-order valence-corrected chi connectivity index (χ0v) is 9.97. The summed E-state index contributed by atoms with van der Waals surface area (Å²) in [7, 11) is 2.97. The molecule has 0 fully saturated rings. The minimum atomic E-state index is -0.236. The fourth-order valence-corrected chi connectivity index (χ4v) is 1.13. The van der Waals surface area contributed by atoms with Gasteiger partial charge in [0.1, 0.15) is 12.4 Å². The van der Waals surface area contributed by atoms with Crippen LogP contribution in [-0.4, -0.2) is 26.7 Å². The Balaban J connectivity index is 0.00000225. The van der Waals surface area contributed by atoms with Crippen LogP contribution < -0.4 is 15.8 Å². The molecule has 0 unspecified atom stereocenters. The Morgan fingerprint density at radius 1 is 1.44 bits per heavy atom. The molecule has 3 N–H and O–H groups in total. The van der Waals surface area contributed by atoms with Gasteiger partial charge in [-0.05, 0) is 12.1 Å². The summed E-state index contributed by atoms with van der Waals surface area (Å²) >= 11 is 0. The number of carbonyl (C=O) groups excluding carboxylic acids is 1. The zero-order valence-electron chi connectivity index (χ0n) is 9.15. The Morgan fingerprint density at radius 3 is 2.69 bits per heavy atom. The van der Waals surface area contributed by atoms with Crippen LogP contribution in [0.2, 0.25) is 0 Å². The highest BCUT2D eigenvalue weighted by atomic mass is 35.5. The SMILES string of the molecule is COCC(=O)Nc1ccc(N)cc1OC.Cl. The standard InChI is InChI=1S/C10H14N2O3.ClH/c1-14-6-10(13)12-8-4-3-7(11)5-9(8)15-2;/h3-5H,6,11H2,1-2H3,(H,12,13);1H. The molecule has 0 saturated heterocycles. The molecule has 1 aromatic carbocycles. The first-order valence-electron chi connectivity index (χ1n) is 4.39. The largest absolute Gasteiger partial charge is 0.494 e. The Bertz CT molecular complexity index is 358. The average Bonchev–Trinajstić information content (AvgIpc) is 2.21. The summed E-state index contributed by atoms with van der Waals surface area (Å²) in [5.41, 5.74) is 6.73. The molecule has 0 saturated carbocycles. The van der Waals surface area contributed by atoms with Crippen LogP contribution in [0.4, 0.5) is 11.4 Å². The van der Waals surface area contributed by atoms with Crippen LogP contribution in [0.25, 0.3) is 0 Å². The van der Waals surface area contributed by atoms with Gasteiger partial charge in [0.05, 0.1) is 12.8 Å². The fourth-order valence-electron chi connectivity index (χ4n) is 1.13. The molecule has 0 spiro atoms. The quantitative estimate of drug-likeness (QED) is 0.785. The third kappa shape index (κ3) is 3.96. The lowest BCUT2D eigenvalue weighted by Crippen LogP contribution is -2.17. The Hall–Kier alpha value is -1.46. The molecule has 0 aliphatic rings. The molecule has 5 nitrogen and oxygen atoms in total. The molecule has 1 amide bonds. The summed E-state index contributed by atoms with van der Waals surface area (Å²) in [5.74, 6) is 0.292. The minimum absolute atomic E-state index is 0. The van der Waals surface area contributed by atoms with E-state index in [1.165, 1.54) is 14.2 Å². The normalized spacial score (nSPS) is 9.12. The molecule has 6 heteroatoms. The average molecular weight is 247 g/mol. The van der Waals surface area contributed by atoms with Crippen LogP contribution in [0.3, 0.4) is 0 Å². The number of rotatable bonds is 4. The van der Waals surface area contributed by atoms with Gasteiger partial charge in [-0.1, -0.05) is 0 Å². The molecule has 1 rings (SSSR count). The van der Waals surface area contributed by atoms with E-state index in [2.05, 4.69) is 5.32 Å². The van der Waals surface area contributed by atoms with Crippen molar-refractivity contribution in [3.05, 3.63) is 18.2 Å². The highest BCUT2D eigenvalue weighted by Crippen LogP contribution is 2.26. The smallest absolute Gasteiger partial charge is 0.250 e. The number of carbonyl (C=O) groups is 1. The topological polar surface area (TPSA) is 73.6 Å². The number of nitrogens with two attached hydrogens (primary N) is 1. The molecule has 90 valence electrons. The summed E-state index contributed by atoms with van der Waals surface area (Å²) in [5, 5.41) is 2.65. The zero-order chi connectivity index (χ0) is 11.3. The molecule has 0 atom stereocenters. The molecule has 1 aromatic rings. The Labute approximate surface area is 100 Å². The monoisotopic (exact) mass is 246 g/mol. The van der Waals surface area contributed by atoms with Crippen molar-refractivity contribution in [1.29, 1.82) is 0 Å². The van der Waals surface area contributed by atoms with Crippen molar-refractivity contribution in [3.63, 3.8) is 0 Å². The van der Waals surface area contributed by atoms with Crippen molar-refractivity contribution < 1.29 is 14.3 Å². The van der Waals surface area contributed by atoms with Gasteiger partial charge in [0, 0.05) is 18.9 Å². The number of nitrogen functional groups attached to an aromatic ring is 1. The molecular formula is C10H15ClN2O3. The van der Waals surface area contributed by atoms with Crippen LogP contribution in [0, 0.1) is 0 Å². The van der Waals surface area contributed by atoms with Gasteiger partial charge in [-0.25, -0.2) is 0 Å². The number of methoxy groups -OCH3 is 2. The molecule has 0 aromatic heterocycles. The first-order chi connectivity index (χ1) is 7.17. The van der Waals surface area contributed by atoms with E-state index in [-0.39, 0.29) is 24.9 Å². The van der Waals surface area contributed by atoms with Gasteiger partial charge >= 0.3 is 0 Å². The predicted molar refractivity (Wildman–Crippen MR) is 65.2 cm³/mol. The van der Waals surface area contributed by atoms with Crippen LogP contribution in [-0.2, 0) is 9.53 Å². The molecule has 0 heterocycles. The van der Waals surface area contributed by atoms with Crippen molar-refractivity contribution in [2.75, 3.05) is 31.9 Å². The van der Waals surface area contributed by atoms with Crippen molar-refractivity contribution in [3.8, 4) is 5.75 Å². The molecule has 0 bridgehead atoms. The summed E-state index contributed by atoms with van der Waals surface area (Å²) in [6.45, 7) is 0.00747. The first-order valence-corrected chi connectivity index (χ1v) is 4.39. The fraction of sp³-hybridized carbons (Fsp3) is 0.300. The summed E-state index contributed by atoms with van der Waals surface area (Å²) < 4.78 is 9.77. The lowest BCUT2D eigenvalue weighted by atomic mass is 10.2. The Morgan fingerprint density at radius 2 is 2.12 bits per heavy atom. The van der Waals surface area contributed by atoms with Crippen LogP contribution >= 0.6 is 12.4 Å². The minimum Gasteiger partial charge on any atom is -0.494 e. The van der Waals surface area contributed by atoms with Crippen molar-refractivity contribution >= 4 is 29.7 Å². The summed E-state index contributed by atoms with van der Waals surface area (Å²) in [4.78, 5) is 11.2. The number of hydrogen-bond acceptors (Lipinski definition) is 4. The first kappa shape index (κ1) is 14.5. The number of benzene rings is 1. The van der Waals surface area contributed by atoms with Gasteiger partial charge in [0.15, 0.2) is 0 Å². The van der Waals surface area contributed by atoms with E-state index in [0.717, 1.165) is 0 Å². The molecule has 0 aliphatic heterocycles. The van der Waals surface area contributed by atoms with Crippen LogP contribution in [0.15, 0.2) is 18.2 Å². The summed E-state index contributed by atoms with van der Waals surface area (Å²) in [6.07, 6.45) is 0. The van der Waals surface area contributed by atoms with E-state index in [0.29, 0.717) is 17.1 Å². The van der Waals surface area contributed by atoms with Crippen molar-refractivity contribution in [2.45, 2.75) is 0 Å². The molecular weight excluding hydrogens is 232 g/mol. The number of halogens is 1. The van der Waals surface area contributed by atoms with E-state index in [1.807, 2.05) is 0 Å². The van der Waals surface area contributed by atoms with E-state index in [9.17, 15) is 4.79 Å². The second kappa shape index (κ2) is 6.92. The number of nitrogens with one attached hydrogen (secondary N) is 1. The maximum absolute atomic E-state index is 11.2. The van der Waals surface area contributed by atoms with E-state index < -0.39 is 0 Å². The maximum atomic E-state index is 11.2. The lowest BCUT2D eigenvalue weighted by Gasteiger charge is -2.10. The molecule has 16 heavy (non-hydrogen) atoms. The number of ether oxygens (including phenoxy) is 2. The van der Waals surface area contributed by atoms with Gasteiger partial charge in [-0.3, -0.25) is 4.79 Å². The van der Waals surface area contributed by atoms with Crippen molar-refractivity contribution in [2.24, 2.45) is 0 Å². The van der Waals surface area contributed by atoms with E-state index >= 15 is 0 Å². The van der Waals surface area contributed by atoms with Crippen LogP contribution in [0.5, 0.6) is 5.75 Å². The second-order valence-electron chi connectivity index (χ2n) is 2.94. The van der Waals surface area contributed by atoms with Gasteiger partial charge in [0.2, 0.25) is 5.91 Å². The third-order valence-electron chi connectivity index (χ3n) is 1.78. The van der Waals surface area contributed by atoms with Gasteiger partial charge in [0.25, 0.3) is 0 Å². The maximum Gasteiger partial charge on any atom is 0.250 e. The molecule has 0 aliphatic carbocycles. The molecule has 0 radical (unpaired) electrons. The van der Waals surface area contributed by atoms with Crippen LogP contribution in [0.1, 0.15) is 0 Å². The van der Waals surface area contributed by atoms with Crippen molar-refractivity contribution in [1.82, 2.24) is 0 Å². The number of amides is 1. The predicted octanol–water partition coefficient (Wildman–Crippen LogP) is 1.28. The van der Waals surface area contributed by atoms with E-state index in [1.54, 1.807) is 18.2 Å². The highest BCUT2D eigenvalue weighted by Gasteiger charge is 2.06.